The van der Waals surface area contributed by atoms with Crippen LogP contribution in [0.4, 0.5) is 0 Å². The zero-order chi connectivity index (χ0) is 13.8. The molecule has 2 nitrogen and oxygen atoms in total. The molecule has 1 N–H and O–H groups in total. The number of ether oxygens (including phenoxy) is 1. The van der Waals surface area contributed by atoms with E-state index >= 15 is 0 Å². The molecule has 1 aromatic rings. The van der Waals surface area contributed by atoms with E-state index in [0.29, 0.717) is 5.75 Å². The number of fused-ring (bicyclic) bond motifs is 1. The van der Waals surface area contributed by atoms with Gasteiger partial charge in [-0.25, -0.2) is 0 Å². The Bertz CT molecular complexity index is 451. The largest absolute Gasteiger partial charge is 0.504 e. The predicted octanol–water partition coefficient (Wildman–Crippen LogP) is 4.11. The van der Waals surface area contributed by atoms with Gasteiger partial charge in [-0.3, -0.25) is 0 Å². The van der Waals surface area contributed by atoms with Gasteiger partial charge < -0.3 is 9.84 Å². The molecule has 1 aromatic carbocycles. The smallest absolute Gasteiger partial charge is 0.160 e. The van der Waals surface area contributed by atoms with Gasteiger partial charge in [0.2, 0.25) is 0 Å². The van der Waals surface area contributed by atoms with Crippen LogP contribution in [0.25, 0.3) is 0 Å². The quantitative estimate of drug-likeness (QED) is 0.807. The summed E-state index contributed by atoms with van der Waals surface area (Å²) in [7, 11) is 1.61. The Hall–Kier alpha value is -1.44. The first-order valence-electron chi connectivity index (χ1n) is 7.15. The maximum absolute atomic E-state index is 9.82. The van der Waals surface area contributed by atoms with Gasteiger partial charge in [0.15, 0.2) is 11.5 Å². The van der Waals surface area contributed by atoms with Crippen molar-refractivity contribution in [2.24, 2.45) is 11.8 Å². The molecule has 1 aliphatic rings. The van der Waals surface area contributed by atoms with Gasteiger partial charge in [-0.2, -0.15) is 0 Å². The second-order valence-corrected chi connectivity index (χ2v) is 5.64. The Morgan fingerprint density at radius 3 is 2.95 bits per heavy atom. The van der Waals surface area contributed by atoms with E-state index in [2.05, 4.69) is 13.5 Å². The fourth-order valence-electron chi connectivity index (χ4n) is 3.07. The second kappa shape index (κ2) is 6.14. The first-order valence-corrected chi connectivity index (χ1v) is 7.15. The number of rotatable bonds is 5. The van der Waals surface area contributed by atoms with Gasteiger partial charge >= 0.3 is 0 Å². The summed E-state index contributed by atoms with van der Waals surface area (Å²) < 4.78 is 5.21. The van der Waals surface area contributed by atoms with Gasteiger partial charge in [0.05, 0.1) is 7.11 Å². The summed E-state index contributed by atoms with van der Waals surface area (Å²) in [5.41, 5.74) is 2.63. The lowest BCUT2D eigenvalue weighted by atomic mass is 9.76. The fourth-order valence-corrected chi connectivity index (χ4v) is 3.07. The maximum Gasteiger partial charge on any atom is 0.160 e. The molecule has 0 bridgehead atoms. The molecule has 0 saturated heterocycles. The number of allylic oxidation sites excluding steroid dienone is 1. The number of hydrogen-bond donors (Lipinski definition) is 1. The summed E-state index contributed by atoms with van der Waals surface area (Å²) in [6.45, 7) is 6.15. The predicted molar refractivity (Wildman–Crippen MR) is 78.8 cm³/mol. The Morgan fingerprint density at radius 2 is 2.26 bits per heavy atom. The van der Waals surface area contributed by atoms with Crippen LogP contribution < -0.4 is 4.74 Å². The Balaban J connectivity index is 2.12. The third-order valence-electron chi connectivity index (χ3n) is 4.40. The normalized spacial score (nSPS) is 19.6. The first kappa shape index (κ1) is 14.0. The lowest BCUT2D eigenvalue weighted by Crippen LogP contribution is -2.20. The molecular formula is C17H24O2. The number of methoxy groups -OCH3 is 1. The average Bonchev–Trinajstić information content (AvgIpc) is 2.43. The van der Waals surface area contributed by atoms with Crippen LogP contribution in [0.2, 0.25) is 0 Å². The van der Waals surface area contributed by atoms with E-state index in [4.69, 9.17) is 4.74 Å². The third-order valence-corrected chi connectivity index (χ3v) is 4.40. The summed E-state index contributed by atoms with van der Waals surface area (Å²) in [5, 5.41) is 9.82. The van der Waals surface area contributed by atoms with E-state index in [-0.39, 0.29) is 5.75 Å². The van der Waals surface area contributed by atoms with Crippen molar-refractivity contribution in [1.29, 1.82) is 0 Å². The molecule has 2 atom stereocenters. The van der Waals surface area contributed by atoms with Crippen LogP contribution >= 0.6 is 0 Å². The van der Waals surface area contributed by atoms with Gasteiger partial charge in [-0.1, -0.05) is 13.0 Å². The maximum atomic E-state index is 9.82. The van der Waals surface area contributed by atoms with Crippen LogP contribution in [-0.4, -0.2) is 12.2 Å². The van der Waals surface area contributed by atoms with Gasteiger partial charge in [-0.05, 0) is 67.2 Å². The van der Waals surface area contributed by atoms with Crippen molar-refractivity contribution in [1.82, 2.24) is 0 Å². The van der Waals surface area contributed by atoms with E-state index < -0.39 is 0 Å². The number of hydrogen-bond acceptors (Lipinski definition) is 2. The van der Waals surface area contributed by atoms with Gasteiger partial charge in [0.25, 0.3) is 0 Å². The molecule has 0 aliphatic heterocycles. The number of aryl methyl sites for hydroxylation is 1. The fraction of sp³-hybridized carbons (Fsp3) is 0.529. The minimum absolute atomic E-state index is 0.263. The highest BCUT2D eigenvalue weighted by Crippen LogP contribution is 2.37. The zero-order valence-electron chi connectivity index (χ0n) is 12.0. The zero-order valence-corrected chi connectivity index (χ0v) is 12.0. The summed E-state index contributed by atoms with van der Waals surface area (Å²) in [6, 6.07) is 3.88. The van der Waals surface area contributed by atoms with E-state index in [1.807, 2.05) is 18.2 Å². The summed E-state index contributed by atoms with van der Waals surface area (Å²) >= 11 is 0. The van der Waals surface area contributed by atoms with Gasteiger partial charge in [0, 0.05) is 0 Å². The molecule has 0 aromatic heterocycles. The molecule has 2 unspecified atom stereocenters. The number of phenolic OH excluding ortho intramolecular Hbond substituents is 1. The minimum Gasteiger partial charge on any atom is -0.504 e. The van der Waals surface area contributed by atoms with Crippen molar-refractivity contribution in [3.63, 3.8) is 0 Å². The van der Waals surface area contributed by atoms with Crippen LogP contribution in [0.1, 0.15) is 37.3 Å². The lowest BCUT2D eigenvalue weighted by Gasteiger charge is -2.29. The molecular weight excluding hydrogens is 236 g/mol. The molecule has 0 heterocycles. The van der Waals surface area contributed by atoms with Crippen LogP contribution in [0.5, 0.6) is 11.5 Å². The highest BCUT2D eigenvalue weighted by atomic mass is 16.5. The van der Waals surface area contributed by atoms with E-state index in [0.717, 1.165) is 31.1 Å². The number of aromatic hydroxyl groups is 1. The van der Waals surface area contributed by atoms with E-state index in [9.17, 15) is 5.11 Å². The van der Waals surface area contributed by atoms with Gasteiger partial charge in [0.1, 0.15) is 0 Å². The highest BCUT2D eigenvalue weighted by molar-refractivity contribution is 5.47. The Morgan fingerprint density at radius 1 is 1.47 bits per heavy atom. The molecule has 0 fully saturated rings. The molecule has 1 aliphatic carbocycles. The average molecular weight is 260 g/mol. The van der Waals surface area contributed by atoms with Crippen molar-refractivity contribution in [2.45, 2.75) is 39.0 Å². The standard InChI is InChI=1S/C17H24O2/c1-4-5-6-12(2)13-7-8-14-10-16(18)17(19-3)11-15(14)9-13/h4,10-13,18H,1,5-9H2,2-3H3. The highest BCUT2D eigenvalue weighted by Gasteiger charge is 2.24. The Labute approximate surface area is 116 Å². The molecule has 0 saturated carbocycles. The molecule has 2 heteroatoms. The number of phenols is 1. The van der Waals surface area contributed by atoms with Crippen LogP contribution in [-0.2, 0) is 12.8 Å². The van der Waals surface area contributed by atoms with Gasteiger partial charge in [-0.15, -0.1) is 6.58 Å². The van der Waals surface area contributed by atoms with E-state index in [1.165, 1.54) is 24.0 Å². The summed E-state index contributed by atoms with van der Waals surface area (Å²) in [4.78, 5) is 0. The van der Waals surface area contributed by atoms with Crippen molar-refractivity contribution < 1.29 is 9.84 Å². The SMILES string of the molecule is C=CCCC(C)C1CCc2cc(O)c(OC)cc2C1. The molecule has 104 valence electrons. The molecule has 0 radical (unpaired) electrons. The molecule has 0 spiro atoms. The van der Waals surface area contributed by atoms with Crippen molar-refractivity contribution in [3.8, 4) is 11.5 Å². The summed E-state index contributed by atoms with van der Waals surface area (Å²) in [6.07, 6.45) is 7.72. The van der Waals surface area contributed by atoms with Crippen molar-refractivity contribution in [3.05, 3.63) is 35.9 Å². The minimum atomic E-state index is 0.263. The van der Waals surface area contributed by atoms with Crippen LogP contribution in [0.3, 0.4) is 0 Å². The molecule has 2 rings (SSSR count). The summed E-state index contributed by atoms with van der Waals surface area (Å²) in [5.74, 6) is 2.32. The van der Waals surface area contributed by atoms with Crippen molar-refractivity contribution in [2.75, 3.05) is 7.11 Å². The monoisotopic (exact) mass is 260 g/mol. The third kappa shape index (κ3) is 3.12. The van der Waals surface area contributed by atoms with Crippen molar-refractivity contribution >= 4 is 0 Å². The number of benzene rings is 1. The first-order chi connectivity index (χ1) is 9.15. The van der Waals surface area contributed by atoms with Crippen LogP contribution in [0, 0.1) is 11.8 Å². The molecule has 0 amide bonds. The topological polar surface area (TPSA) is 29.5 Å². The molecule has 19 heavy (non-hydrogen) atoms. The van der Waals surface area contributed by atoms with E-state index in [1.54, 1.807) is 7.11 Å². The van der Waals surface area contributed by atoms with Crippen LogP contribution in [0.15, 0.2) is 24.8 Å². The second-order valence-electron chi connectivity index (χ2n) is 5.64. The lowest BCUT2D eigenvalue weighted by molar-refractivity contribution is 0.303. The Kier molecular flexibility index (Phi) is 4.52.